The fraction of sp³-hybridized carbons (Fsp3) is 0.533. The molecule has 1 aromatic rings. The van der Waals surface area contributed by atoms with Gasteiger partial charge in [0.1, 0.15) is 5.82 Å². The van der Waals surface area contributed by atoms with Crippen molar-refractivity contribution < 1.29 is 22.4 Å². The van der Waals surface area contributed by atoms with Gasteiger partial charge in [-0.1, -0.05) is 13.8 Å². The standard InChI is InChI=1S/C15H19F4NO/c1-5-14(6-2,20(3)4)13(21)10-7-8-12(16)11(9-10)15(17,18)19/h7-9H,5-6H2,1-4H3. The van der Waals surface area contributed by atoms with Crippen LogP contribution in [0.1, 0.15) is 42.6 Å². The van der Waals surface area contributed by atoms with Crippen LogP contribution in [0.2, 0.25) is 0 Å². The molecule has 1 aromatic carbocycles. The Morgan fingerprint density at radius 2 is 1.67 bits per heavy atom. The zero-order valence-corrected chi connectivity index (χ0v) is 12.5. The Bertz CT molecular complexity index is 519. The lowest BCUT2D eigenvalue weighted by Gasteiger charge is -2.37. The predicted octanol–water partition coefficient (Wildman–Crippen LogP) is 4.15. The van der Waals surface area contributed by atoms with Crippen molar-refractivity contribution in [2.45, 2.75) is 38.4 Å². The van der Waals surface area contributed by atoms with E-state index in [1.54, 1.807) is 32.8 Å². The third kappa shape index (κ3) is 3.26. The zero-order valence-electron chi connectivity index (χ0n) is 12.5. The van der Waals surface area contributed by atoms with Gasteiger partial charge < -0.3 is 0 Å². The molecule has 21 heavy (non-hydrogen) atoms. The summed E-state index contributed by atoms with van der Waals surface area (Å²) in [6, 6.07) is 2.40. The Labute approximate surface area is 121 Å². The maximum absolute atomic E-state index is 13.3. The van der Waals surface area contributed by atoms with Gasteiger partial charge in [0.2, 0.25) is 0 Å². The minimum atomic E-state index is -4.82. The van der Waals surface area contributed by atoms with Crippen LogP contribution < -0.4 is 0 Å². The summed E-state index contributed by atoms with van der Waals surface area (Å²) in [7, 11) is 3.41. The van der Waals surface area contributed by atoms with Crippen LogP contribution in [0.15, 0.2) is 18.2 Å². The molecule has 0 amide bonds. The summed E-state index contributed by atoms with van der Waals surface area (Å²) in [5.41, 5.74) is -2.42. The summed E-state index contributed by atoms with van der Waals surface area (Å²) in [6.07, 6.45) is -3.91. The van der Waals surface area contributed by atoms with Crippen molar-refractivity contribution in [3.05, 3.63) is 35.1 Å². The van der Waals surface area contributed by atoms with Crippen molar-refractivity contribution in [1.29, 1.82) is 0 Å². The first-order chi connectivity index (χ1) is 9.60. The quantitative estimate of drug-likeness (QED) is 0.602. The van der Waals surface area contributed by atoms with Crippen LogP contribution in [-0.4, -0.2) is 30.3 Å². The number of halogens is 4. The highest BCUT2D eigenvalue weighted by Crippen LogP contribution is 2.34. The molecule has 0 N–H and O–H groups in total. The van der Waals surface area contributed by atoms with Crippen molar-refractivity contribution in [3.8, 4) is 0 Å². The molecular formula is C15H19F4NO. The first kappa shape index (κ1) is 17.6. The number of alkyl halides is 3. The van der Waals surface area contributed by atoms with Gasteiger partial charge in [-0.15, -0.1) is 0 Å². The minimum Gasteiger partial charge on any atom is -0.297 e. The number of rotatable bonds is 5. The molecule has 118 valence electrons. The Hall–Kier alpha value is -1.43. The average Bonchev–Trinajstić information content (AvgIpc) is 2.39. The van der Waals surface area contributed by atoms with Crippen molar-refractivity contribution in [3.63, 3.8) is 0 Å². The molecule has 1 rings (SSSR count). The molecule has 0 radical (unpaired) electrons. The van der Waals surface area contributed by atoms with Gasteiger partial charge in [0, 0.05) is 5.56 Å². The number of carbonyl (C=O) groups is 1. The van der Waals surface area contributed by atoms with Gasteiger partial charge in [-0.2, -0.15) is 13.2 Å². The number of hydrogen-bond acceptors (Lipinski definition) is 2. The SMILES string of the molecule is CCC(CC)(C(=O)c1ccc(F)c(C(F)(F)F)c1)N(C)C. The number of nitrogens with zero attached hydrogens (tertiary/aromatic N) is 1. The van der Waals surface area contributed by atoms with E-state index in [-0.39, 0.29) is 5.56 Å². The van der Waals surface area contributed by atoms with E-state index >= 15 is 0 Å². The van der Waals surface area contributed by atoms with Crippen LogP contribution in [0, 0.1) is 5.82 Å². The van der Waals surface area contributed by atoms with Crippen molar-refractivity contribution >= 4 is 5.78 Å². The largest absolute Gasteiger partial charge is 0.419 e. The summed E-state index contributed by atoms with van der Waals surface area (Å²) in [5.74, 6) is -1.80. The Balaban J connectivity index is 3.37. The number of likely N-dealkylation sites (N-methyl/N-ethyl adjacent to an activating group) is 1. The normalized spacial score (nSPS) is 12.8. The molecule has 0 saturated heterocycles. The number of Topliss-reactive ketones (excluding diaryl/α,β-unsaturated/α-hetero) is 1. The summed E-state index contributed by atoms with van der Waals surface area (Å²) in [5, 5.41) is 0. The molecule has 0 atom stereocenters. The first-order valence-corrected chi connectivity index (χ1v) is 6.69. The van der Waals surface area contributed by atoms with E-state index in [0.29, 0.717) is 25.0 Å². The average molecular weight is 305 g/mol. The molecule has 2 nitrogen and oxygen atoms in total. The molecule has 6 heteroatoms. The third-order valence-electron chi connectivity index (χ3n) is 3.98. The maximum Gasteiger partial charge on any atom is 0.419 e. The Morgan fingerprint density at radius 3 is 2.05 bits per heavy atom. The van der Waals surface area contributed by atoms with Gasteiger partial charge in [-0.25, -0.2) is 4.39 Å². The summed E-state index contributed by atoms with van der Waals surface area (Å²) in [4.78, 5) is 14.3. The first-order valence-electron chi connectivity index (χ1n) is 6.69. The number of carbonyl (C=O) groups excluding carboxylic acids is 1. The third-order valence-corrected chi connectivity index (χ3v) is 3.98. The van der Waals surface area contributed by atoms with Crippen molar-refractivity contribution in [2.24, 2.45) is 0 Å². The van der Waals surface area contributed by atoms with E-state index in [1.165, 1.54) is 0 Å². The van der Waals surface area contributed by atoms with Gasteiger partial charge in [0.15, 0.2) is 5.78 Å². The second-order valence-electron chi connectivity index (χ2n) is 5.15. The van der Waals surface area contributed by atoms with E-state index in [2.05, 4.69) is 0 Å². The fourth-order valence-electron chi connectivity index (χ4n) is 2.56. The molecule has 0 aromatic heterocycles. The Kier molecular flexibility index (Phi) is 5.15. The molecule has 0 aliphatic carbocycles. The number of benzene rings is 1. The van der Waals surface area contributed by atoms with Crippen LogP contribution in [0.25, 0.3) is 0 Å². The lowest BCUT2D eigenvalue weighted by molar-refractivity contribution is -0.140. The van der Waals surface area contributed by atoms with Crippen LogP contribution in [0.4, 0.5) is 17.6 Å². The molecule has 0 aliphatic heterocycles. The highest BCUT2D eigenvalue weighted by atomic mass is 19.4. The van der Waals surface area contributed by atoms with E-state index in [1.807, 2.05) is 0 Å². The van der Waals surface area contributed by atoms with Crippen LogP contribution in [0.3, 0.4) is 0 Å². The van der Waals surface area contributed by atoms with Gasteiger partial charge in [-0.3, -0.25) is 9.69 Å². The summed E-state index contributed by atoms with van der Waals surface area (Å²) in [6.45, 7) is 3.60. The lowest BCUT2D eigenvalue weighted by atomic mass is 9.83. The number of ketones is 1. The second-order valence-corrected chi connectivity index (χ2v) is 5.15. The van der Waals surface area contributed by atoms with Gasteiger partial charge in [0.25, 0.3) is 0 Å². The van der Waals surface area contributed by atoms with E-state index in [9.17, 15) is 22.4 Å². The number of hydrogen-bond donors (Lipinski definition) is 0. The smallest absolute Gasteiger partial charge is 0.297 e. The predicted molar refractivity (Wildman–Crippen MR) is 72.7 cm³/mol. The highest BCUT2D eigenvalue weighted by molar-refractivity contribution is 6.03. The van der Waals surface area contributed by atoms with Gasteiger partial charge in [0.05, 0.1) is 11.1 Å². The lowest BCUT2D eigenvalue weighted by Crippen LogP contribution is -2.50. The molecule has 0 fully saturated rings. The fourth-order valence-corrected chi connectivity index (χ4v) is 2.56. The molecule has 0 unspecified atom stereocenters. The monoisotopic (exact) mass is 305 g/mol. The molecular weight excluding hydrogens is 286 g/mol. The van der Waals surface area contributed by atoms with E-state index in [4.69, 9.17) is 0 Å². The second kappa shape index (κ2) is 6.13. The molecule has 0 aliphatic rings. The summed E-state index contributed by atoms with van der Waals surface area (Å²) < 4.78 is 51.6. The molecule has 0 bridgehead atoms. The summed E-state index contributed by atoms with van der Waals surface area (Å²) >= 11 is 0. The van der Waals surface area contributed by atoms with E-state index < -0.39 is 28.9 Å². The maximum atomic E-state index is 13.3. The highest BCUT2D eigenvalue weighted by Gasteiger charge is 2.40. The van der Waals surface area contributed by atoms with Crippen LogP contribution in [0.5, 0.6) is 0 Å². The Morgan fingerprint density at radius 1 is 1.14 bits per heavy atom. The molecule has 0 saturated carbocycles. The van der Waals surface area contributed by atoms with Crippen molar-refractivity contribution in [2.75, 3.05) is 14.1 Å². The van der Waals surface area contributed by atoms with E-state index in [0.717, 1.165) is 6.07 Å². The zero-order chi connectivity index (χ0) is 16.4. The molecule has 0 heterocycles. The van der Waals surface area contributed by atoms with Gasteiger partial charge >= 0.3 is 6.18 Å². The van der Waals surface area contributed by atoms with Crippen LogP contribution in [-0.2, 0) is 6.18 Å². The topological polar surface area (TPSA) is 20.3 Å². The van der Waals surface area contributed by atoms with Crippen molar-refractivity contribution in [1.82, 2.24) is 4.90 Å². The minimum absolute atomic E-state index is 0.124. The van der Waals surface area contributed by atoms with Crippen LogP contribution >= 0.6 is 0 Å². The van der Waals surface area contributed by atoms with Gasteiger partial charge in [-0.05, 0) is 45.1 Å². The molecule has 0 spiro atoms.